The number of rotatable bonds is 3. The maximum Gasteiger partial charge on any atom is 0.261 e. The van der Waals surface area contributed by atoms with Crippen LogP contribution in [-0.4, -0.2) is 29.3 Å². The lowest BCUT2D eigenvalue weighted by Crippen LogP contribution is -2.40. The van der Waals surface area contributed by atoms with Gasteiger partial charge in [-0.25, -0.2) is 0 Å². The van der Waals surface area contributed by atoms with E-state index in [1.165, 1.54) is 4.90 Å². The first kappa shape index (κ1) is 10.8. The second-order valence-corrected chi connectivity index (χ2v) is 3.93. The van der Waals surface area contributed by atoms with Crippen molar-refractivity contribution in [2.75, 3.05) is 6.54 Å². The van der Waals surface area contributed by atoms with Crippen LogP contribution in [0, 0.1) is 0 Å². The standard InChI is InChI=1S/C12H14N2O2/c1-2-8(13)7-14-11(15)9-5-3-4-6-10(9)12(14)16/h3-6,8H,2,7,13H2,1H3/t8-/m1/s1. The molecule has 0 unspecified atom stereocenters. The highest BCUT2D eigenvalue weighted by Crippen LogP contribution is 2.22. The Morgan fingerprint density at radius 3 is 2.12 bits per heavy atom. The highest BCUT2D eigenvalue weighted by atomic mass is 16.2. The van der Waals surface area contributed by atoms with Gasteiger partial charge in [0.05, 0.1) is 11.1 Å². The van der Waals surface area contributed by atoms with Gasteiger partial charge < -0.3 is 5.73 Å². The molecule has 4 heteroatoms. The molecule has 1 atom stereocenters. The van der Waals surface area contributed by atoms with Crippen LogP contribution < -0.4 is 5.73 Å². The Morgan fingerprint density at radius 2 is 1.69 bits per heavy atom. The summed E-state index contributed by atoms with van der Waals surface area (Å²) in [5.41, 5.74) is 6.73. The SMILES string of the molecule is CC[C@@H](N)CN1C(=O)c2ccccc2C1=O. The Morgan fingerprint density at radius 1 is 1.19 bits per heavy atom. The Balaban J connectivity index is 2.28. The third-order valence-electron chi connectivity index (χ3n) is 2.82. The van der Waals surface area contributed by atoms with E-state index in [0.29, 0.717) is 17.7 Å². The van der Waals surface area contributed by atoms with Crippen LogP contribution in [0.4, 0.5) is 0 Å². The smallest absolute Gasteiger partial charge is 0.261 e. The quantitative estimate of drug-likeness (QED) is 0.770. The molecule has 2 N–H and O–H groups in total. The van der Waals surface area contributed by atoms with E-state index in [1.807, 2.05) is 6.92 Å². The molecule has 0 bridgehead atoms. The molecule has 0 saturated heterocycles. The van der Waals surface area contributed by atoms with Crippen LogP contribution in [0.5, 0.6) is 0 Å². The van der Waals surface area contributed by atoms with Gasteiger partial charge in [-0.15, -0.1) is 0 Å². The maximum absolute atomic E-state index is 11.9. The zero-order chi connectivity index (χ0) is 11.7. The average Bonchev–Trinajstić information content (AvgIpc) is 2.55. The fourth-order valence-corrected chi connectivity index (χ4v) is 1.77. The van der Waals surface area contributed by atoms with Crippen molar-refractivity contribution in [3.8, 4) is 0 Å². The minimum Gasteiger partial charge on any atom is -0.326 e. The molecule has 0 spiro atoms. The first-order valence-corrected chi connectivity index (χ1v) is 5.36. The number of carbonyl (C=O) groups is 2. The molecule has 0 radical (unpaired) electrons. The van der Waals surface area contributed by atoms with Gasteiger partial charge in [-0.1, -0.05) is 19.1 Å². The van der Waals surface area contributed by atoms with Gasteiger partial charge in [-0.05, 0) is 18.6 Å². The molecule has 84 valence electrons. The number of carbonyl (C=O) groups excluding carboxylic acids is 2. The summed E-state index contributed by atoms with van der Waals surface area (Å²) in [5.74, 6) is -0.464. The lowest BCUT2D eigenvalue weighted by molar-refractivity contribution is 0.0644. The zero-order valence-electron chi connectivity index (χ0n) is 9.14. The van der Waals surface area contributed by atoms with Gasteiger partial charge in [0.1, 0.15) is 0 Å². The van der Waals surface area contributed by atoms with Crippen LogP contribution in [0.25, 0.3) is 0 Å². The fraction of sp³-hybridized carbons (Fsp3) is 0.333. The van der Waals surface area contributed by atoms with Gasteiger partial charge in [0.25, 0.3) is 11.8 Å². The van der Waals surface area contributed by atoms with Crippen LogP contribution >= 0.6 is 0 Å². The molecular formula is C12H14N2O2. The molecule has 1 aliphatic heterocycles. The molecule has 1 heterocycles. The summed E-state index contributed by atoms with van der Waals surface area (Å²) in [6, 6.07) is 6.71. The van der Waals surface area contributed by atoms with Crippen LogP contribution in [-0.2, 0) is 0 Å². The Kier molecular flexibility index (Phi) is 2.75. The summed E-state index contributed by atoms with van der Waals surface area (Å²) < 4.78 is 0. The van der Waals surface area contributed by atoms with E-state index in [9.17, 15) is 9.59 Å². The zero-order valence-corrected chi connectivity index (χ0v) is 9.14. The van der Waals surface area contributed by atoms with E-state index in [1.54, 1.807) is 24.3 Å². The van der Waals surface area contributed by atoms with Crippen molar-refractivity contribution < 1.29 is 9.59 Å². The summed E-state index contributed by atoms with van der Waals surface area (Å²) in [7, 11) is 0. The molecular weight excluding hydrogens is 204 g/mol. The second-order valence-electron chi connectivity index (χ2n) is 3.93. The number of amides is 2. The largest absolute Gasteiger partial charge is 0.326 e. The lowest BCUT2D eigenvalue weighted by Gasteiger charge is -2.17. The van der Waals surface area contributed by atoms with Gasteiger partial charge >= 0.3 is 0 Å². The third kappa shape index (κ3) is 1.61. The molecule has 0 fully saturated rings. The van der Waals surface area contributed by atoms with Crippen LogP contribution in [0.2, 0.25) is 0 Å². The Hall–Kier alpha value is -1.68. The van der Waals surface area contributed by atoms with Crippen LogP contribution in [0.3, 0.4) is 0 Å². The lowest BCUT2D eigenvalue weighted by atomic mass is 10.1. The maximum atomic E-state index is 11.9. The molecule has 4 nitrogen and oxygen atoms in total. The third-order valence-corrected chi connectivity index (χ3v) is 2.82. The normalized spacial score (nSPS) is 16.5. The molecule has 1 aromatic carbocycles. The van der Waals surface area contributed by atoms with Crippen molar-refractivity contribution in [2.24, 2.45) is 5.73 Å². The highest BCUT2D eigenvalue weighted by Gasteiger charge is 2.35. The first-order valence-electron chi connectivity index (χ1n) is 5.36. The topological polar surface area (TPSA) is 63.4 Å². The van der Waals surface area contributed by atoms with Crippen molar-refractivity contribution in [3.05, 3.63) is 35.4 Å². The average molecular weight is 218 g/mol. The molecule has 16 heavy (non-hydrogen) atoms. The van der Waals surface area contributed by atoms with E-state index < -0.39 is 0 Å². The minimum absolute atomic E-state index is 0.151. The molecule has 2 amide bonds. The number of nitrogens with zero attached hydrogens (tertiary/aromatic N) is 1. The van der Waals surface area contributed by atoms with E-state index in [0.717, 1.165) is 6.42 Å². The van der Waals surface area contributed by atoms with E-state index >= 15 is 0 Å². The number of imide groups is 1. The van der Waals surface area contributed by atoms with Gasteiger partial charge in [0.2, 0.25) is 0 Å². The van der Waals surface area contributed by atoms with Crippen LogP contribution in [0.15, 0.2) is 24.3 Å². The predicted molar refractivity (Wildman–Crippen MR) is 60.1 cm³/mol. The first-order chi connectivity index (χ1) is 7.65. The molecule has 0 saturated carbocycles. The highest BCUT2D eigenvalue weighted by molar-refractivity contribution is 6.21. The molecule has 2 rings (SSSR count). The number of hydrogen-bond donors (Lipinski definition) is 1. The Bertz CT molecular complexity index is 407. The fourth-order valence-electron chi connectivity index (χ4n) is 1.77. The van der Waals surface area contributed by atoms with Gasteiger partial charge in [0.15, 0.2) is 0 Å². The van der Waals surface area contributed by atoms with E-state index in [2.05, 4.69) is 0 Å². The summed E-state index contributed by atoms with van der Waals surface area (Å²) in [6.45, 7) is 2.23. The summed E-state index contributed by atoms with van der Waals surface area (Å²) in [5, 5.41) is 0. The van der Waals surface area contributed by atoms with Crippen molar-refractivity contribution in [3.63, 3.8) is 0 Å². The monoisotopic (exact) mass is 218 g/mol. The summed E-state index contributed by atoms with van der Waals surface area (Å²) in [6.07, 6.45) is 0.743. The number of hydrogen-bond acceptors (Lipinski definition) is 3. The number of fused-ring (bicyclic) bond motifs is 1. The molecule has 0 aromatic heterocycles. The van der Waals surface area contributed by atoms with Gasteiger partial charge in [0, 0.05) is 12.6 Å². The molecule has 1 aliphatic rings. The number of nitrogens with two attached hydrogens (primary N) is 1. The van der Waals surface area contributed by atoms with Crippen molar-refractivity contribution in [1.82, 2.24) is 4.90 Å². The summed E-state index contributed by atoms with van der Waals surface area (Å²) in [4.78, 5) is 25.1. The van der Waals surface area contributed by atoms with Gasteiger partial charge in [-0.3, -0.25) is 14.5 Å². The Labute approximate surface area is 94.0 Å². The van der Waals surface area contributed by atoms with Gasteiger partial charge in [-0.2, -0.15) is 0 Å². The van der Waals surface area contributed by atoms with Crippen molar-refractivity contribution in [1.29, 1.82) is 0 Å². The van der Waals surface area contributed by atoms with Crippen molar-refractivity contribution in [2.45, 2.75) is 19.4 Å². The van der Waals surface area contributed by atoms with Crippen molar-refractivity contribution >= 4 is 11.8 Å². The number of benzene rings is 1. The van der Waals surface area contributed by atoms with Crippen LogP contribution in [0.1, 0.15) is 34.1 Å². The molecule has 0 aliphatic carbocycles. The molecule has 1 aromatic rings. The second kappa shape index (κ2) is 4.06. The summed E-state index contributed by atoms with van der Waals surface area (Å²) >= 11 is 0. The predicted octanol–water partition coefficient (Wildman–Crippen LogP) is 1.02. The minimum atomic E-state index is -0.232. The van der Waals surface area contributed by atoms with E-state index in [-0.39, 0.29) is 17.9 Å². The van der Waals surface area contributed by atoms with E-state index in [4.69, 9.17) is 5.73 Å².